The highest BCUT2D eigenvalue weighted by molar-refractivity contribution is 7.80. The molecule has 0 saturated carbocycles. The van der Waals surface area contributed by atoms with Gasteiger partial charge in [-0.3, -0.25) is 25.8 Å². The van der Waals surface area contributed by atoms with Crippen molar-refractivity contribution in [1.29, 1.82) is 0 Å². The molecule has 0 aliphatic rings. The average molecular weight is 366 g/mol. The zero-order chi connectivity index (χ0) is 18.6. The van der Waals surface area contributed by atoms with Gasteiger partial charge in [-0.05, 0) is 43.4 Å². The summed E-state index contributed by atoms with van der Waals surface area (Å²) in [6.45, 7) is 1.51. The lowest BCUT2D eigenvalue weighted by Gasteiger charge is -2.12. The molecular weight excluding hydrogens is 354 g/mol. The molecule has 0 aliphatic heterocycles. The standard InChI is InChI=1S/C15H12F2N4O3S/c1-8-6-9(2-5-13(8)21(23)24)14(22)19-20-15(25)18-12-4-3-10(16)7-11(12)17/h2-7H,1H3,(H,19,22)(H2,18,20,25). The Labute approximate surface area is 146 Å². The van der Waals surface area contributed by atoms with Crippen LogP contribution >= 0.6 is 12.2 Å². The molecule has 0 saturated heterocycles. The van der Waals surface area contributed by atoms with E-state index in [9.17, 15) is 23.7 Å². The normalized spacial score (nSPS) is 10.0. The van der Waals surface area contributed by atoms with Crippen LogP contribution in [0.1, 0.15) is 15.9 Å². The summed E-state index contributed by atoms with van der Waals surface area (Å²) in [5.41, 5.74) is 4.95. The van der Waals surface area contributed by atoms with Gasteiger partial charge in [-0.1, -0.05) is 0 Å². The maximum Gasteiger partial charge on any atom is 0.272 e. The zero-order valence-corrected chi connectivity index (χ0v) is 13.6. The number of nitro groups is 1. The monoisotopic (exact) mass is 366 g/mol. The third-order valence-electron chi connectivity index (χ3n) is 3.12. The molecule has 0 spiro atoms. The summed E-state index contributed by atoms with van der Waals surface area (Å²) in [7, 11) is 0. The number of carbonyl (C=O) groups is 1. The Morgan fingerprint density at radius 2 is 1.88 bits per heavy atom. The van der Waals surface area contributed by atoms with Crippen LogP contribution in [0.4, 0.5) is 20.2 Å². The summed E-state index contributed by atoms with van der Waals surface area (Å²) >= 11 is 4.89. The van der Waals surface area contributed by atoms with Crippen molar-refractivity contribution in [3.8, 4) is 0 Å². The molecular formula is C15H12F2N4O3S. The molecule has 3 N–H and O–H groups in total. The van der Waals surface area contributed by atoms with E-state index in [-0.39, 0.29) is 22.1 Å². The summed E-state index contributed by atoms with van der Waals surface area (Å²) in [6.07, 6.45) is 0. The lowest BCUT2D eigenvalue weighted by atomic mass is 10.1. The van der Waals surface area contributed by atoms with Crippen LogP contribution in [0.2, 0.25) is 0 Å². The molecule has 0 heterocycles. The topological polar surface area (TPSA) is 96.3 Å². The van der Waals surface area contributed by atoms with Crippen LogP contribution in [-0.2, 0) is 0 Å². The first-order valence-electron chi connectivity index (χ1n) is 6.85. The Balaban J connectivity index is 1.96. The largest absolute Gasteiger partial charge is 0.329 e. The van der Waals surface area contributed by atoms with Crippen molar-refractivity contribution in [2.24, 2.45) is 0 Å². The Morgan fingerprint density at radius 3 is 2.48 bits per heavy atom. The molecule has 2 aromatic rings. The molecule has 0 unspecified atom stereocenters. The molecule has 0 aliphatic carbocycles. The van der Waals surface area contributed by atoms with Gasteiger partial charge in [0, 0.05) is 23.3 Å². The lowest BCUT2D eigenvalue weighted by molar-refractivity contribution is -0.385. The molecule has 2 aromatic carbocycles. The van der Waals surface area contributed by atoms with Crippen LogP contribution in [-0.4, -0.2) is 15.9 Å². The Kier molecular flexibility index (Phi) is 5.55. The summed E-state index contributed by atoms with van der Waals surface area (Å²) in [4.78, 5) is 22.2. The van der Waals surface area contributed by atoms with Gasteiger partial charge in [-0.15, -0.1) is 0 Å². The predicted molar refractivity (Wildman–Crippen MR) is 91.0 cm³/mol. The third-order valence-corrected chi connectivity index (χ3v) is 3.33. The number of nitrogens with one attached hydrogen (secondary N) is 3. The van der Waals surface area contributed by atoms with Crippen LogP contribution in [0.3, 0.4) is 0 Å². The number of hydrogen-bond acceptors (Lipinski definition) is 4. The molecule has 25 heavy (non-hydrogen) atoms. The minimum Gasteiger partial charge on any atom is -0.329 e. The number of anilines is 1. The van der Waals surface area contributed by atoms with Gasteiger partial charge in [0.05, 0.1) is 10.6 Å². The second-order valence-electron chi connectivity index (χ2n) is 4.92. The fraction of sp³-hybridized carbons (Fsp3) is 0.0667. The molecule has 10 heteroatoms. The highest BCUT2D eigenvalue weighted by atomic mass is 32.1. The van der Waals surface area contributed by atoms with E-state index in [0.717, 1.165) is 12.1 Å². The summed E-state index contributed by atoms with van der Waals surface area (Å²) < 4.78 is 26.3. The molecule has 130 valence electrons. The van der Waals surface area contributed by atoms with Crippen molar-refractivity contribution in [1.82, 2.24) is 10.9 Å². The van der Waals surface area contributed by atoms with E-state index in [1.165, 1.54) is 25.1 Å². The first-order chi connectivity index (χ1) is 11.8. The molecule has 0 radical (unpaired) electrons. The van der Waals surface area contributed by atoms with Gasteiger partial charge in [0.15, 0.2) is 5.11 Å². The highest BCUT2D eigenvalue weighted by Gasteiger charge is 2.14. The Morgan fingerprint density at radius 1 is 1.16 bits per heavy atom. The van der Waals surface area contributed by atoms with Crippen molar-refractivity contribution in [3.63, 3.8) is 0 Å². The third kappa shape index (κ3) is 4.67. The van der Waals surface area contributed by atoms with Crippen LogP contribution in [0.15, 0.2) is 36.4 Å². The predicted octanol–water partition coefficient (Wildman–Crippen LogP) is 2.81. The van der Waals surface area contributed by atoms with E-state index in [1.807, 2.05) is 0 Å². The van der Waals surface area contributed by atoms with Crippen molar-refractivity contribution in [2.45, 2.75) is 6.92 Å². The minimum absolute atomic E-state index is 0.0701. The van der Waals surface area contributed by atoms with Crippen molar-refractivity contribution in [2.75, 3.05) is 5.32 Å². The number of carbonyl (C=O) groups excluding carboxylic acids is 1. The number of thiocarbonyl (C=S) groups is 1. The van der Waals surface area contributed by atoms with E-state index < -0.39 is 22.5 Å². The van der Waals surface area contributed by atoms with Crippen molar-refractivity contribution in [3.05, 3.63) is 69.3 Å². The fourth-order valence-electron chi connectivity index (χ4n) is 1.93. The number of amides is 1. The molecule has 1 amide bonds. The Hall–Kier alpha value is -3.14. The second-order valence-corrected chi connectivity index (χ2v) is 5.32. The minimum atomic E-state index is -0.846. The molecule has 0 aromatic heterocycles. The average Bonchev–Trinajstić information content (AvgIpc) is 2.54. The van der Waals surface area contributed by atoms with Gasteiger partial charge in [-0.25, -0.2) is 8.78 Å². The van der Waals surface area contributed by atoms with Crippen LogP contribution in [0, 0.1) is 28.7 Å². The molecule has 0 bridgehead atoms. The molecule has 7 nitrogen and oxygen atoms in total. The first-order valence-corrected chi connectivity index (χ1v) is 7.26. The molecule has 0 atom stereocenters. The number of hydrogen-bond donors (Lipinski definition) is 3. The number of nitrogens with zero attached hydrogens (tertiary/aromatic N) is 1. The van der Waals surface area contributed by atoms with Gasteiger partial charge in [0.25, 0.3) is 11.6 Å². The number of nitro benzene ring substituents is 1. The maximum atomic E-state index is 13.5. The van der Waals surface area contributed by atoms with E-state index in [1.54, 1.807) is 0 Å². The number of hydrazine groups is 1. The van der Waals surface area contributed by atoms with E-state index in [2.05, 4.69) is 16.2 Å². The second kappa shape index (κ2) is 7.62. The fourth-order valence-corrected chi connectivity index (χ4v) is 2.09. The Bertz CT molecular complexity index is 861. The van der Waals surface area contributed by atoms with Gasteiger partial charge in [0.1, 0.15) is 11.6 Å². The maximum absolute atomic E-state index is 13.5. The number of rotatable bonds is 3. The van der Waals surface area contributed by atoms with Crippen LogP contribution < -0.4 is 16.2 Å². The van der Waals surface area contributed by atoms with Crippen molar-refractivity contribution >= 4 is 34.6 Å². The van der Waals surface area contributed by atoms with Gasteiger partial charge in [-0.2, -0.15) is 0 Å². The van der Waals surface area contributed by atoms with Crippen LogP contribution in [0.25, 0.3) is 0 Å². The van der Waals surface area contributed by atoms with Crippen molar-refractivity contribution < 1.29 is 18.5 Å². The number of benzene rings is 2. The quantitative estimate of drug-likeness (QED) is 0.439. The van der Waals surface area contributed by atoms with Gasteiger partial charge < -0.3 is 5.32 Å². The number of halogens is 2. The number of aryl methyl sites for hydroxylation is 1. The van der Waals surface area contributed by atoms with Gasteiger partial charge in [0.2, 0.25) is 0 Å². The van der Waals surface area contributed by atoms with E-state index in [4.69, 9.17) is 12.2 Å². The lowest BCUT2D eigenvalue weighted by Crippen LogP contribution is -2.43. The highest BCUT2D eigenvalue weighted by Crippen LogP contribution is 2.18. The first kappa shape index (κ1) is 18.2. The van der Waals surface area contributed by atoms with Crippen LogP contribution in [0.5, 0.6) is 0 Å². The molecule has 0 fully saturated rings. The summed E-state index contributed by atoms with van der Waals surface area (Å²) in [5.74, 6) is -2.17. The smallest absolute Gasteiger partial charge is 0.272 e. The summed E-state index contributed by atoms with van der Waals surface area (Å²) in [5, 5.41) is 13.1. The molecule has 2 rings (SSSR count). The van der Waals surface area contributed by atoms with E-state index >= 15 is 0 Å². The summed E-state index contributed by atoms with van der Waals surface area (Å²) in [6, 6.07) is 6.74. The SMILES string of the molecule is Cc1cc(C(=O)NNC(=S)Nc2ccc(F)cc2F)ccc1[N+](=O)[O-]. The van der Waals surface area contributed by atoms with E-state index in [0.29, 0.717) is 11.6 Å². The van der Waals surface area contributed by atoms with Gasteiger partial charge >= 0.3 is 0 Å². The zero-order valence-electron chi connectivity index (χ0n) is 12.8.